The van der Waals surface area contributed by atoms with Crippen molar-refractivity contribution in [3.05, 3.63) is 70.3 Å². The number of hydrogen-bond donors (Lipinski definition) is 1. The molecule has 0 atom stereocenters. The van der Waals surface area contributed by atoms with Crippen molar-refractivity contribution in [1.82, 2.24) is 20.0 Å². The lowest BCUT2D eigenvalue weighted by Crippen LogP contribution is -2.50. The van der Waals surface area contributed by atoms with E-state index in [4.69, 9.17) is 4.74 Å². The smallest absolute Gasteiger partial charge is 0.272 e. The first-order valence-corrected chi connectivity index (χ1v) is 11.0. The number of ether oxygens (including phenoxy) is 1. The number of carbonyl (C=O) groups is 2. The fourth-order valence-corrected chi connectivity index (χ4v) is 4.01. The van der Waals surface area contributed by atoms with E-state index in [-0.39, 0.29) is 11.8 Å². The molecule has 0 saturated carbocycles. The molecule has 1 fully saturated rings. The van der Waals surface area contributed by atoms with E-state index in [2.05, 4.69) is 26.1 Å². The van der Waals surface area contributed by atoms with Crippen molar-refractivity contribution in [2.45, 2.75) is 6.92 Å². The summed E-state index contributed by atoms with van der Waals surface area (Å²) in [6, 6.07) is 16.7. The van der Waals surface area contributed by atoms with Gasteiger partial charge in [0, 0.05) is 36.2 Å². The monoisotopic (exact) mass is 482 g/mol. The predicted octanol–water partition coefficient (Wildman–Crippen LogP) is 3.84. The number of hydrogen-bond acceptors (Lipinski definition) is 4. The maximum atomic E-state index is 12.9. The third-order valence-corrected chi connectivity index (χ3v) is 5.92. The maximum Gasteiger partial charge on any atom is 0.272 e. The number of nitrogens with one attached hydrogen (secondary N) is 1. The summed E-state index contributed by atoms with van der Waals surface area (Å²) in [4.78, 5) is 29.2. The van der Waals surface area contributed by atoms with Gasteiger partial charge in [0.15, 0.2) is 0 Å². The van der Waals surface area contributed by atoms with E-state index >= 15 is 0 Å². The zero-order chi connectivity index (χ0) is 21.8. The van der Waals surface area contributed by atoms with Gasteiger partial charge in [0.2, 0.25) is 0 Å². The molecule has 0 aliphatic carbocycles. The molecular formula is C23H23BrN4O3. The third kappa shape index (κ3) is 4.64. The molecule has 1 aliphatic heterocycles. The molecule has 2 aromatic carbocycles. The fourth-order valence-electron chi connectivity index (χ4n) is 3.56. The van der Waals surface area contributed by atoms with E-state index in [9.17, 15) is 9.59 Å². The second-order valence-corrected chi connectivity index (χ2v) is 8.04. The van der Waals surface area contributed by atoms with E-state index in [0.29, 0.717) is 49.7 Å². The molecule has 160 valence electrons. The van der Waals surface area contributed by atoms with Gasteiger partial charge in [-0.1, -0.05) is 12.1 Å². The maximum absolute atomic E-state index is 12.9. The molecule has 8 heteroatoms. The molecule has 7 nitrogen and oxygen atoms in total. The van der Waals surface area contributed by atoms with Crippen molar-refractivity contribution >= 4 is 27.7 Å². The number of carbonyl (C=O) groups excluding carboxylic acids is 2. The Hall–Kier alpha value is -3.13. The van der Waals surface area contributed by atoms with Gasteiger partial charge in [0.1, 0.15) is 11.4 Å². The summed E-state index contributed by atoms with van der Waals surface area (Å²) in [5.41, 5.74) is 2.68. The van der Waals surface area contributed by atoms with Crippen LogP contribution in [0.4, 0.5) is 0 Å². The Morgan fingerprint density at radius 2 is 1.65 bits per heavy atom. The zero-order valence-corrected chi connectivity index (χ0v) is 18.8. The average Bonchev–Trinajstić information content (AvgIpc) is 3.30. The van der Waals surface area contributed by atoms with Gasteiger partial charge >= 0.3 is 0 Å². The number of amides is 2. The van der Waals surface area contributed by atoms with Crippen LogP contribution >= 0.6 is 15.9 Å². The number of aromatic nitrogens is 2. The molecule has 1 saturated heterocycles. The lowest BCUT2D eigenvalue weighted by atomic mass is 10.1. The normalized spacial score (nSPS) is 13.9. The predicted molar refractivity (Wildman–Crippen MR) is 121 cm³/mol. The molecule has 0 bridgehead atoms. The van der Waals surface area contributed by atoms with Crippen LogP contribution in [0.3, 0.4) is 0 Å². The number of aromatic amines is 1. The van der Waals surface area contributed by atoms with Gasteiger partial charge < -0.3 is 14.5 Å². The highest BCUT2D eigenvalue weighted by Crippen LogP contribution is 2.23. The van der Waals surface area contributed by atoms with Crippen LogP contribution in [-0.2, 0) is 0 Å². The highest BCUT2D eigenvalue weighted by atomic mass is 79.9. The first kappa shape index (κ1) is 21.1. The highest BCUT2D eigenvalue weighted by Gasteiger charge is 2.27. The number of H-pyrrole nitrogens is 1. The molecule has 0 radical (unpaired) electrons. The minimum atomic E-state index is -0.113. The second-order valence-electron chi connectivity index (χ2n) is 7.19. The minimum absolute atomic E-state index is 0.0288. The van der Waals surface area contributed by atoms with Gasteiger partial charge in [-0.05, 0) is 65.3 Å². The number of benzene rings is 2. The van der Waals surface area contributed by atoms with Crippen LogP contribution in [0.15, 0.2) is 59.1 Å². The van der Waals surface area contributed by atoms with Crippen LogP contribution in [0, 0.1) is 0 Å². The summed E-state index contributed by atoms with van der Waals surface area (Å²) >= 11 is 3.43. The molecule has 1 aromatic heterocycles. The average molecular weight is 483 g/mol. The van der Waals surface area contributed by atoms with E-state index in [1.165, 1.54) is 0 Å². The van der Waals surface area contributed by atoms with Crippen LogP contribution in [0.25, 0.3) is 11.3 Å². The topological polar surface area (TPSA) is 78.5 Å². The van der Waals surface area contributed by atoms with Crippen molar-refractivity contribution in [3.63, 3.8) is 0 Å². The number of rotatable bonds is 5. The van der Waals surface area contributed by atoms with Gasteiger partial charge in [0.25, 0.3) is 11.8 Å². The molecule has 4 rings (SSSR count). The Morgan fingerprint density at radius 1 is 1.00 bits per heavy atom. The number of piperazine rings is 1. The largest absolute Gasteiger partial charge is 0.494 e. The molecule has 0 unspecified atom stereocenters. The standard InChI is InChI=1S/C23H23BrN4O3/c1-2-31-17-9-7-16(8-10-17)20-15-21(26-25-20)23(30)28-13-11-27(12-14-28)22(29)18-5-3-4-6-19(18)24/h3-10,15H,2,11-14H2,1H3,(H,25,26). The van der Waals surface area contributed by atoms with Gasteiger partial charge in [-0.2, -0.15) is 5.10 Å². The van der Waals surface area contributed by atoms with E-state index in [1.54, 1.807) is 21.9 Å². The molecule has 1 N–H and O–H groups in total. The molecular weight excluding hydrogens is 460 g/mol. The van der Waals surface area contributed by atoms with Crippen molar-refractivity contribution in [3.8, 4) is 17.0 Å². The van der Waals surface area contributed by atoms with Crippen molar-refractivity contribution < 1.29 is 14.3 Å². The Kier molecular flexibility index (Phi) is 6.36. The van der Waals surface area contributed by atoms with Crippen molar-refractivity contribution in [1.29, 1.82) is 0 Å². The molecule has 3 aromatic rings. The number of nitrogens with zero attached hydrogens (tertiary/aromatic N) is 3. The fraction of sp³-hybridized carbons (Fsp3) is 0.261. The van der Waals surface area contributed by atoms with Gasteiger partial charge in [-0.15, -0.1) is 0 Å². The molecule has 1 aliphatic rings. The van der Waals surface area contributed by atoms with Crippen LogP contribution in [0.2, 0.25) is 0 Å². The summed E-state index contributed by atoms with van der Waals surface area (Å²) in [7, 11) is 0. The summed E-state index contributed by atoms with van der Waals surface area (Å²) in [5, 5.41) is 7.14. The number of halogens is 1. The summed E-state index contributed by atoms with van der Waals surface area (Å²) in [6.07, 6.45) is 0. The molecule has 2 amide bonds. The molecule has 0 spiro atoms. The molecule has 31 heavy (non-hydrogen) atoms. The van der Waals surface area contributed by atoms with Crippen LogP contribution in [-0.4, -0.2) is 64.6 Å². The van der Waals surface area contributed by atoms with Crippen molar-refractivity contribution in [2.75, 3.05) is 32.8 Å². The first-order chi connectivity index (χ1) is 15.1. The third-order valence-electron chi connectivity index (χ3n) is 5.23. The van der Waals surface area contributed by atoms with Gasteiger partial charge in [0.05, 0.1) is 17.9 Å². The summed E-state index contributed by atoms with van der Waals surface area (Å²) < 4.78 is 6.24. The summed E-state index contributed by atoms with van der Waals surface area (Å²) in [6.45, 7) is 4.49. The Bertz CT molecular complexity index is 1070. The van der Waals surface area contributed by atoms with Crippen LogP contribution in [0.5, 0.6) is 5.75 Å². The van der Waals surface area contributed by atoms with Crippen molar-refractivity contribution in [2.24, 2.45) is 0 Å². The van der Waals surface area contributed by atoms with E-state index < -0.39 is 0 Å². The van der Waals surface area contributed by atoms with Crippen LogP contribution < -0.4 is 4.74 Å². The Labute approximate surface area is 189 Å². The lowest BCUT2D eigenvalue weighted by molar-refractivity contribution is 0.0532. The SMILES string of the molecule is CCOc1ccc(-c2cc(C(=O)N3CCN(C(=O)c4ccccc4Br)CC3)[nH]n2)cc1. The van der Waals surface area contributed by atoms with Crippen LogP contribution in [0.1, 0.15) is 27.8 Å². The van der Waals surface area contributed by atoms with Gasteiger partial charge in [-0.3, -0.25) is 14.7 Å². The quantitative estimate of drug-likeness (QED) is 0.599. The minimum Gasteiger partial charge on any atom is -0.494 e. The first-order valence-electron chi connectivity index (χ1n) is 10.2. The van der Waals surface area contributed by atoms with E-state index in [1.807, 2.05) is 49.4 Å². The Balaban J connectivity index is 1.38. The molecule has 2 heterocycles. The zero-order valence-electron chi connectivity index (χ0n) is 17.2. The Morgan fingerprint density at radius 3 is 2.29 bits per heavy atom. The lowest BCUT2D eigenvalue weighted by Gasteiger charge is -2.34. The summed E-state index contributed by atoms with van der Waals surface area (Å²) in [5.74, 6) is 0.657. The second kappa shape index (κ2) is 9.34. The highest BCUT2D eigenvalue weighted by molar-refractivity contribution is 9.10. The van der Waals surface area contributed by atoms with Gasteiger partial charge in [-0.25, -0.2) is 0 Å². The van der Waals surface area contributed by atoms with E-state index in [0.717, 1.165) is 15.8 Å².